The van der Waals surface area contributed by atoms with Crippen LogP contribution in [0.3, 0.4) is 0 Å². The van der Waals surface area contributed by atoms with Crippen LogP contribution in [0.1, 0.15) is 41.5 Å². The van der Waals surface area contributed by atoms with E-state index in [1.54, 1.807) is 0 Å². The van der Waals surface area contributed by atoms with Crippen LogP contribution in [-0.2, 0) is 128 Å². The number of rotatable bonds is 34. The Morgan fingerprint density at radius 1 is 0.308 bits per heavy atom. The minimum Gasteiger partial charge on any atom is -0.870 e. The number of methoxy groups -OCH3 is 2. The number of ether oxygens (including phenoxy) is 19. The van der Waals surface area contributed by atoms with Gasteiger partial charge in [0.15, 0.2) is 75.1 Å². The first-order valence-electron chi connectivity index (χ1n) is 41.0. The van der Waals surface area contributed by atoms with Crippen molar-refractivity contribution < 1.29 is 310 Å². The molecule has 0 aromatic rings. The fourth-order valence-corrected chi connectivity index (χ4v) is 16.4. The molecule has 133 heavy (non-hydrogen) atoms. The first-order valence-corrected chi connectivity index (χ1v) is 41.0. The van der Waals surface area contributed by atoms with Crippen molar-refractivity contribution in [2.24, 2.45) is 11.8 Å². The van der Waals surface area contributed by atoms with Gasteiger partial charge in [-0.05, 0) is 12.0 Å². The molecule has 0 spiro atoms. The fraction of sp³-hybridized carbons (Fsp3) is 0.889. The van der Waals surface area contributed by atoms with E-state index in [0.29, 0.717) is 0 Å². The number of aliphatic hydroxyl groups excluding tert-OH is 22. The molecule has 10 fully saturated rings. The molecule has 0 aromatic carbocycles. The molecule has 0 saturated carbocycles. The number of hydrogen-bond donors (Lipinski definition) is 30. The minimum atomic E-state index is -2.53. The van der Waals surface area contributed by atoms with Crippen molar-refractivity contribution in [2.45, 2.75) is 336 Å². The summed E-state index contributed by atoms with van der Waals surface area (Å²) < 4.78 is 110. The minimum absolute atomic E-state index is 0. The molecular weight excluding hydrogens is 1840 g/mol. The van der Waals surface area contributed by atoms with Crippen LogP contribution in [-0.4, -0.2) is 514 Å². The second kappa shape index (κ2) is 51.2. The van der Waals surface area contributed by atoms with Gasteiger partial charge in [-0.1, -0.05) is 13.8 Å². The molecule has 0 bridgehead atoms. The summed E-state index contributed by atoms with van der Waals surface area (Å²) in [6.45, 7) is 0.390. The average Bonchev–Trinajstić information content (AvgIpc) is 0.759. The molecule has 59 nitrogen and oxygen atoms in total. The zero-order valence-electron chi connectivity index (χ0n) is 72.8. The molecule has 20 unspecified atom stereocenters. The Balaban J connectivity index is 0.00000805. The van der Waals surface area contributed by atoms with Gasteiger partial charge in [0.25, 0.3) is 11.8 Å². The maximum absolute atomic E-state index is 14.9. The topological polar surface area (TPSA) is 906 Å². The van der Waals surface area contributed by atoms with E-state index in [0.717, 1.165) is 41.9 Å². The summed E-state index contributed by atoms with van der Waals surface area (Å²) >= 11 is 0. The summed E-state index contributed by atoms with van der Waals surface area (Å²) in [4.78, 5) is 105. The smallest absolute Gasteiger partial charge is 0.870 e. The Morgan fingerprint density at radius 3 is 0.857 bits per heavy atom. The van der Waals surface area contributed by atoms with E-state index in [1.807, 2.05) is 0 Å². The first-order chi connectivity index (χ1) is 61.4. The van der Waals surface area contributed by atoms with Crippen molar-refractivity contribution in [1.82, 2.24) is 43.0 Å². The number of amides is 6. The predicted octanol–water partition coefficient (Wildman–Crippen LogP) is -28.5. The van der Waals surface area contributed by atoms with Gasteiger partial charge in [-0.25, -0.2) is 17.1 Å². The molecule has 0 aromatic heterocycles. The van der Waals surface area contributed by atoms with E-state index in [2.05, 4.69) is 43.0 Å². The van der Waals surface area contributed by atoms with Crippen LogP contribution in [0, 0.1) is 11.8 Å². The zero-order chi connectivity index (χ0) is 96.0. The molecule has 10 rings (SSSR count). The third kappa shape index (κ3) is 26.4. The van der Waals surface area contributed by atoms with Crippen LogP contribution >= 0.6 is 0 Å². The van der Waals surface area contributed by atoms with Gasteiger partial charge >= 0.3 is 59.1 Å². The van der Waals surface area contributed by atoms with Gasteiger partial charge in [0, 0.05) is 60.9 Å². The molecule has 31 N–H and O–H groups in total. The SMILES string of the molecule is CO[C@@H]1OC(CO)[C@@H](O)[C@H](OC2OC(C(=O)NNCC3O[C@H](O[C@H]4OC(CNNC(=O)C5O[C@@H](O[C@@H]6C(NC(C)=O)[C@H](OC)OC(CO)[C@H]6O)C(O)[C@@H](O)[C@@H]5O[C@@H]5OC(CO)[C@@H](O)[C@H](O[C@@H]6OC(C(=O)[O-])[C@@H](C)[C@H](O)C6O)C5NC(C)=O)[C@@H](O)[C@H](O)C4O)C(O)[C@@H](O)[C@@H]3O)[C@@H](O[C@@H]3OC(CO)[C@@H](O)[C@H](O[C@@H]4OC([C-]=O)[C@@H](C)[C@H](O)C4O)C3NC(C)=O)[C@H](O)[C@@H]2O)C1NC(C)=O.[Na+].[Na+].[OH-]. The number of carbonyl (C=O) groups excluding carboxylic acids is 8. The van der Waals surface area contributed by atoms with Gasteiger partial charge in [0.2, 0.25) is 23.6 Å². The van der Waals surface area contributed by atoms with Crippen LogP contribution < -0.4 is 107 Å². The number of carboxylic acids is 1. The van der Waals surface area contributed by atoms with E-state index in [1.165, 1.54) is 20.1 Å². The van der Waals surface area contributed by atoms with Crippen molar-refractivity contribution >= 4 is 47.7 Å². The molecule has 10 aliphatic heterocycles. The van der Waals surface area contributed by atoms with Gasteiger partial charge in [0.1, 0.15) is 201 Å². The maximum atomic E-state index is 14.9. The van der Waals surface area contributed by atoms with E-state index < -0.39 is 387 Å². The predicted molar refractivity (Wildman–Crippen MR) is 401 cm³/mol. The van der Waals surface area contributed by atoms with Crippen molar-refractivity contribution in [2.75, 3.05) is 53.7 Å². The van der Waals surface area contributed by atoms with Crippen LogP contribution in [0.5, 0.6) is 0 Å². The zero-order valence-corrected chi connectivity index (χ0v) is 76.8. The Bertz CT molecular complexity index is 3710. The number of nitrogens with one attached hydrogen (secondary N) is 8. The van der Waals surface area contributed by atoms with Crippen molar-refractivity contribution in [3.05, 3.63) is 0 Å². The van der Waals surface area contributed by atoms with Crippen LogP contribution in [0.25, 0.3) is 0 Å². The molecular formula is C72H117N8Na2O51-. The number of aliphatic hydroxyl groups is 22. The number of aliphatic carboxylic acids is 1. The second-order valence-electron chi connectivity index (χ2n) is 32.5. The Morgan fingerprint density at radius 2 is 0.564 bits per heavy atom. The Labute approximate surface area is 798 Å². The second-order valence-corrected chi connectivity index (χ2v) is 32.5. The van der Waals surface area contributed by atoms with Gasteiger partial charge in [-0.2, -0.15) is 0 Å². The number of hydrazine groups is 2. The number of hydrogen-bond acceptors (Lipinski definition) is 53. The summed E-state index contributed by atoms with van der Waals surface area (Å²) in [5, 5.41) is 270. The molecule has 10 saturated heterocycles. The monoisotopic (exact) mass is 1960 g/mol. The third-order valence-corrected chi connectivity index (χ3v) is 23.5. The molecule has 61 heteroatoms. The molecule has 50 atom stereocenters. The van der Waals surface area contributed by atoms with Gasteiger partial charge in [-0.15, -0.1) is 0 Å². The molecule has 0 radical (unpaired) electrons. The van der Waals surface area contributed by atoms with Crippen molar-refractivity contribution in [3.63, 3.8) is 0 Å². The molecule has 6 amide bonds. The van der Waals surface area contributed by atoms with E-state index in [-0.39, 0.29) is 64.6 Å². The Hall–Kier alpha value is -3.80. The number of carbonyl (C=O) groups is 7. The molecule has 10 aliphatic rings. The molecule has 754 valence electrons. The van der Waals surface area contributed by atoms with Gasteiger partial charge < -0.3 is 244 Å². The standard InChI is InChI=1S/C72H117N8O50.2Na.H2O/c1-16-24(11-81)116-67(45(102)33(16)90)122-54-31(77-20(5)88)65(119-27(14-84)39(54)96)126-56-43(100)49(106)71(123-52-29(75-18(3)86)63(112-7)117-25(12-82)37(52)94)128-58(56)60(108)79-73-9-22-35(92)41(98)47(104)68(114-22)130-69-48(105)42(99)36(93)23(115-69)10-74-80-61(109)59-57(44(101)50(107)72(129-59)124-53-30(76-19(4)87)64(113-8)118-26(13-83)38(53)95)127-66-32(78-21(6)89)55(40(97)28(15-85)120-66)125-70-46(103)34(91)17(2)51(121-70)62(110)111;;;/h16-17,22-59,63-74,82-85,90-107H,9-10,12-15H2,1-8H3,(H,75,86)(H,76,87)(H,77,88)(H,78,89)(H,79,108)(H,80,109)(H,110,111);;;1H2/q-1;2*+1;/p-2/t16-,17+,22?,23?,24?,25?,26?,27?,28?,29?,30?,31?,32?,33+,34+,35-,36-,37-,38-,39-,40-,41+,42+,43-,44-,45?,46?,47?,48?,49+,50?,51?,52-,53-,54-,55-,56+,57+,58?,59?,63-,64-,65+,66+,67+,68-,69-,70+,71?,72-;;;/m1.../s1. The fourth-order valence-electron chi connectivity index (χ4n) is 16.4. The van der Waals surface area contributed by atoms with Crippen molar-refractivity contribution in [1.29, 1.82) is 0 Å². The summed E-state index contributed by atoms with van der Waals surface area (Å²) in [5.74, 6) is -10.9. The third-order valence-electron chi connectivity index (χ3n) is 23.5. The van der Waals surface area contributed by atoms with E-state index in [4.69, 9.17) is 90.0 Å². The van der Waals surface area contributed by atoms with Gasteiger partial charge in [0.05, 0.1) is 44.6 Å². The average molecular weight is 1960 g/mol. The largest absolute Gasteiger partial charge is 1.00 e. The summed E-state index contributed by atoms with van der Waals surface area (Å²) in [7, 11) is 2.19. The maximum Gasteiger partial charge on any atom is 1.00 e. The van der Waals surface area contributed by atoms with Crippen LogP contribution in [0.4, 0.5) is 0 Å². The summed E-state index contributed by atoms with van der Waals surface area (Å²) in [6, 6.07) is -7.01. The van der Waals surface area contributed by atoms with Gasteiger partial charge in [-0.3, -0.25) is 39.6 Å². The normalized spacial score (nSPS) is 46.1. The molecule has 0 aliphatic carbocycles. The summed E-state index contributed by atoms with van der Waals surface area (Å²) in [5.41, 5.74) is 8.92. The first kappa shape index (κ1) is 116. The van der Waals surface area contributed by atoms with Crippen molar-refractivity contribution in [3.8, 4) is 0 Å². The Kier molecular flexibility index (Phi) is 44.8. The van der Waals surface area contributed by atoms with Crippen LogP contribution in [0.2, 0.25) is 0 Å². The quantitative estimate of drug-likeness (QED) is 0.0162. The van der Waals surface area contributed by atoms with E-state index in [9.17, 15) is 156 Å². The van der Waals surface area contributed by atoms with E-state index >= 15 is 0 Å². The molecule has 10 heterocycles. The van der Waals surface area contributed by atoms with Crippen LogP contribution in [0.15, 0.2) is 0 Å². The number of carboxylic acid groups (broad SMARTS) is 1. The summed E-state index contributed by atoms with van der Waals surface area (Å²) in [6.07, 6.45) is -90.8.